The lowest BCUT2D eigenvalue weighted by Crippen LogP contribution is -2.13. The average Bonchev–Trinajstić information content (AvgIpc) is 3.08. The van der Waals surface area contributed by atoms with E-state index in [-0.39, 0.29) is 5.91 Å². The van der Waals surface area contributed by atoms with Crippen molar-refractivity contribution in [1.29, 1.82) is 0 Å². The third-order valence-corrected chi connectivity index (χ3v) is 6.21. The fourth-order valence-corrected chi connectivity index (χ4v) is 4.32. The Balaban J connectivity index is 1.49. The van der Waals surface area contributed by atoms with Crippen molar-refractivity contribution in [1.82, 2.24) is 4.57 Å². The molecule has 1 N–H and O–H groups in total. The second-order valence-electron chi connectivity index (χ2n) is 6.92. The van der Waals surface area contributed by atoms with Gasteiger partial charge in [0.25, 0.3) is 0 Å². The highest BCUT2D eigenvalue weighted by Gasteiger charge is 2.11. The topological polar surface area (TPSA) is 34.0 Å². The van der Waals surface area contributed by atoms with Gasteiger partial charge in [-0.2, -0.15) is 0 Å². The first-order chi connectivity index (χ1) is 14.1. The van der Waals surface area contributed by atoms with E-state index in [4.69, 9.17) is 11.6 Å². The number of aromatic nitrogens is 1. The minimum Gasteiger partial charge on any atom is -0.342 e. The molecule has 29 heavy (non-hydrogen) atoms. The van der Waals surface area contributed by atoms with Gasteiger partial charge in [0, 0.05) is 39.3 Å². The van der Waals surface area contributed by atoms with Gasteiger partial charge < -0.3 is 9.88 Å². The normalized spacial score (nSPS) is 11.0. The van der Waals surface area contributed by atoms with E-state index in [1.165, 1.54) is 16.5 Å². The minimum absolute atomic E-state index is 0.0465. The maximum absolute atomic E-state index is 12.4. The lowest BCUT2D eigenvalue weighted by molar-refractivity contribution is -0.113. The SMILES string of the molecule is Cc1ccc(NC(=O)CSc2cn(Cc3ccccc3)c3ccccc23)cc1Cl. The summed E-state index contributed by atoms with van der Waals surface area (Å²) in [7, 11) is 0. The number of nitrogens with one attached hydrogen (secondary N) is 1. The van der Waals surface area contributed by atoms with Crippen molar-refractivity contribution >= 4 is 45.9 Å². The van der Waals surface area contributed by atoms with Gasteiger partial charge in [-0.3, -0.25) is 4.79 Å². The molecule has 0 spiro atoms. The summed E-state index contributed by atoms with van der Waals surface area (Å²) in [4.78, 5) is 13.5. The summed E-state index contributed by atoms with van der Waals surface area (Å²) < 4.78 is 2.24. The van der Waals surface area contributed by atoms with Crippen LogP contribution in [0.15, 0.2) is 83.9 Å². The summed E-state index contributed by atoms with van der Waals surface area (Å²) in [5.41, 5.74) is 4.13. The van der Waals surface area contributed by atoms with Crippen LogP contribution in [0, 0.1) is 6.92 Å². The van der Waals surface area contributed by atoms with Gasteiger partial charge in [-0.15, -0.1) is 11.8 Å². The Hall–Kier alpha value is -2.69. The molecule has 1 heterocycles. The Labute approximate surface area is 179 Å². The summed E-state index contributed by atoms with van der Waals surface area (Å²) in [5.74, 6) is 0.292. The predicted octanol–water partition coefficient (Wildman–Crippen LogP) is 6.38. The van der Waals surface area contributed by atoms with Crippen LogP contribution in [0.2, 0.25) is 5.02 Å². The van der Waals surface area contributed by atoms with Crippen LogP contribution in [0.1, 0.15) is 11.1 Å². The van der Waals surface area contributed by atoms with E-state index in [9.17, 15) is 4.79 Å². The number of halogens is 1. The zero-order valence-corrected chi connectivity index (χ0v) is 17.6. The van der Waals surface area contributed by atoms with Crippen molar-refractivity contribution in [3.8, 4) is 0 Å². The average molecular weight is 421 g/mol. The second-order valence-corrected chi connectivity index (χ2v) is 8.35. The second kappa shape index (κ2) is 8.76. The zero-order chi connectivity index (χ0) is 20.2. The molecule has 0 saturated heterocycles. The number of nitrogens with zero attached hydrogens (tertiary/aromatic N) is 1. The highest BCUT2D eigenvalue weighted by molar-refractivity contribution is 8.00. The molecule has 0 saturated carbocycles. The number of carbonyl (C=O) groups excluding carboxylic acids is 1. The summed E-state index contributed by atoms with van der Waals surface area (Å²) >= 11 is 7.70. The monoisotopic (exact) mass is 420 g/mol. The summed E-state index contributed by atoms with van der Waals surface area (Å²) in [6.45, 7) is 2.74. The maximum atomic E-state index is 12.4. The molecule has 0 aliphatic carbocycles. The van der Waals surface area contributed by atoms with Crippen LogP contribution in [0.3, 0.4) is 0 Å². The van der Waals surface area contributed by atoms with E-state index in [0.717, 1.165) is 22.7 Å². The molecule has 3 aromatic carbocycles. The van der Waals surface area contributed by atoms with Crippen LogP contribution in [-0.2, 0) is 11.3 Å². The van der Waals surface area contributed by atoms with Crippen molar-refractivity contribution in [3.05, 3.63) is 95.1 Å². The Morgan fingerprint density at radius 1 is 1.03 bits per heavy atom. The first kappa shape index (κ1) is 19.6. The lowest BCUT2D eigenvalue weighted by Gasteiger charge is -2.06. The molecule has 4 aromatic rings. The summed E-state index contributed by atoms with van der Waals surface area (Å²) in [6, 6.07) is 24.3. The van der Waals surface area contributed by atoms with Gasteiger partial charge in [-0.1, -0.05) is 66.2 Å². The largest absolute Gasteiger partial charge is 0.342 e. The van der Waals surface area contributed by atoms with E-state index in [1.807, 2.05) is 37.3 Å². The lowest BCUT2D eigenvalue weighted by atomic mass is 10.2. The van der Waals surface area contributed by atoms with Crippen molar-refractivity contribution in [3.63, 3.8) is 0 Å². The van der Waals surface area contributed by atoms with Crippen molar-refractivity contribution < 1.29 is 4.79 Å². The maximum Gasteiger partial charge on any atom is 0.234 e. The molecule has 0 radical (unpaired) electrons. The zero-order valence-electron chi connectivity index (χ0n) is 16.1. The Morgan fingerprint density at radius 2 is 1.79 bits per heavy atom. The molecule has 0 aliphatic rings. The van der Waals surface area contributed by atoms with Gasteiger partial charge >= 0.3 is 0 Å². The fraction of sp³-hybridized carbons (Fsp3) is 0.125. The van der Waals surface area contributed by atoms with E-state index in [0.29, 0.717) is 10.8 Å². The molecule has 4 rings (SSSR count). The van der Waals surface area contributed by atoms with Crippen molar-refractivity contribution in [2.45, 2.75) is 18.4 Å². The number of aryl methyl sites for hydroxylation is 1. The molecule has 146 valence electrons. The number of rotatable bonds is 6. The van der Waals surface area contributed by atoms with Crippen LogP contribution in [0.5, 0.6) is 0 Å². The molecule has 0 aliphatic heterocycles. The quantitative estimate of drug-likeness (QED) is 0.367. The molecule has 0 atom stereocenters. The standard InChI is InChI=1S/C24H21ClN2OS/c1-17-11-12-19(13-21(17)25)26-24(28)16-29-23-15-27(14-18-7-3-2-4-8-18)22-10-6-5-9-20(22)23/h2-13,15H,14,16H2,1H3,(H,26,28). The molecular formula is C24H21ClN2OS. The molecule has 5 heteroatoms. The summed E-state index contributed by atoms with van der Waals surface area (Å²) in [6.07, 6.45) is 2.14. The minimum atomic E-state index is -0.0465. The van der Waals surface area contributed by atoms with E-state index in [1.54, 1.807) is 17.8 Å². The van der Waals surface area contributed by atoms with Crippen molar-refractivity contribution in [2.24, 2.45) is 0 Å². The van der Waals surface area contributed by atoms with Gasteiger partial charge in [-0.05, 0) is 36.2 Å². The highest BCUT2D eigenvalue weighted by atomic mass is 35.5. The number of carbonyl (C=O) groups is 1. The molecule has 0 unspecified atom stereocenters. The molecule has 1 amide bonds. The van der Waals surface area contributed by atoms with Gasteiger partial charge in [0.05, 0.1) is 5.75 Å². The molecule has 1 aromatic heterocycles. The van der Waals surface area contributed by atoms with E-state index >= 15 is 0 Å². The fourth-order valence-electron chi connectivity index (χ4n) is 3.25. The number of benzene rings is 3. The van der Waals surface area contributed by atoms with Crippen LogP contribution in [0.25, 0.3) is 10.9 Å². The van der Waals surface area contributed by atoms with Gasteiger partial charge in [0.15, 0.2) is 0 Å². The molecule has 0 fully saturated rings. The van der Waals surface area contributed by atoms with Crippen LogP contribution in [0.4, 0.5) is 5.69 Å². The molecular weight excluding hydrogens is 400 g/mol. The number of para-hydroxylation sites is 1. The van der Waals surface area contributed by atoms with Crippen LogP contribution in [-0.4, -0.2) is 16.2 Å². The number of amides is 1. The van der Waals surface area contributed by atoms with E-state index in [2.05, 4.69) is 52.5 Å². The summed E-state index contributed by atoms with van der Waals surface area (Å²) in [5, 5.41) is 4.74. The highest BCUT2D eigenvalue weighted by Crippen LogP contribution is 2.31. The van der Waals surface area contributed by atoms with Gasteiger partial charge in [0.2, 0.25) is 5.91 Å². The first-order valence-corrected chi connectivity index (χ1v) is 10.8. The third-order valence-electron chi connectivity index (χ3n) is 4.76. The van der Waals surface area contributed by atoms with Crippen LogP contribution < -0.4 is 5.32 Å². The Kier molecular flexibility index (Phi) is 5.93. The van der Waals surface area contributed by atoms with E-state index < -0.39 is 0 Å². The van der Waals surface area contributed by atoms with Crippen LogP contribution >= 0.6 is 23.4 Å². The number of hydrogen-bond acceptors (Lipinski definition) is 2. The number of anilines is 1. The van der Waals surface area contributed by atoms with Gasteiger partial charge in [0.1, 0.15) is 0 Å². The van der Waals surface area contributed by atoms with Gasteiger partial charge in [-0.25, -0.2) is 0 Å². The number of fused-ring (bicyclic) bond motifs is 1. The number of hydrogen-bond donors (Lipinski definition) is 1. The molecule has 0 bridgehead atoms. The Morgan fingerprint density at radius 3 is 2.59 bits per heavy atom. The number of thioether (sulfide) groups is 1. The molecule has 3 nitrogen and oxygen atoms in total. The Bertz CT molecular complexity index is 1150. The smallest absolute Gasteiger partial charge is 0.234 e. The predicted molar refractivity (Wildman–Crippen MR) is 123 cm³/mol. The van der Waals surface area contributed by atoms with Crippen molar-refractivity contribution in [2.75, 3.05) is 11.1 Å². The first-order valence-electron chi connectivity index (χ1n) is 9.41. The third kappa shape index (κ3) is 4.66.